The molecule has 0 unspecified atom stereocenters. The van der Waals surface area contributed by atoms with Gasteiger partial charge in [0.2, 0.25) is 0 Å². The minimum absolute atomic E-state index is 0.193. The molecule has 1 saturated heterocycles. The van der Waals surface area contributed by atoms with Crippen molar-refractivity contribution in [3.8, 4) is 11.5 Å². The predicted octanol–water partition coefficient (Wildman–Crippen LogP) is 4.51. The smallest absolute Gasteiger partial charge is 0.323 e. The summed E-state index contributed by atoms with van der Waals surface area (Å²) in [6.45, 7) is 5.61. The summed E-state index contributed by atoms with van der Waals surface area (Å²) in [5, 5.41) is 11.9. The van der Waals surface area contributed by atoms with Crippen LogP contribution in [0.2, 0.25) is 0 Å². The minimum Gasteiger partial charge on any atom is -0.490 e. The number of anilines is 1. The summed E-state index contributed by atoms with van der Waals surface area (Å²) in [5.41, 5.74) is 2.43. The third-order valence-electron chi connectivity index (χ3n) is 4.95. The normalized spacial score (nSPS) is 14.5. The number of amides is 2. The Bertz CT molecular complexity index is 1180. The summed E-state index contributed by atoms with van der Waals surface area (Å²) < 4.78 is 11.6. The highest BCUT2D eigenvalue weighted by Crippen LogP contribution is 2.35. The van der Waals surface area contributed by atoms with Crippen molar-refractivity contribution in [2.75, 3.05) is 25.1 Å². The maximum Gasteiger partial charge on any atom is 0.323 e. The Hall–Kier alpha value is -3.37. The number of carbonyl (C=O) groups is 3. The molecule has 2 aromatic carbocycles. The quantitative estimate of drug-likeness (QED) is 0.352. The van der Waals surface area contributed by atoms with Crippen LogP contribution in [0.4, 0.5) is 5.69 Å². The van der Waals surface area contributed by atoms with E-state index in [1.165, 1.54) is 0 Å². The summed E-state index contributed by atoms with van der Waals surface area (Å²) in [6.07, 6.45) is 1.61. The van der Waals surface area contributed by atoms with E-state index in [0.29, 0.717) is 28.6 Å². The number of carbonyl (C=O) groups excluding carboxylic acids is 2. The van der Waals surface area contributed by atoms with Gasteiger partial charge >= 0.3 is 5.97 Å². The fourth-order valence-corrected chi connectivity index (χ4v) is 4.62. The third-order valence-corrected chi connectivity index (χ3v) is 6.33. The molecule has 0 radical (unpaired) electrons. The molecule has 35 heavy (non-hydrogen) atoms. The number of nitrogens with one attached hydrogen (secondary N) is 1. The second kappa shape index (κ2) is 11.9. The third kappa shape index (κ3) is 6.83. The number of thioether (sulfide) groups is 1. The first-order valence-electron chi connectivity index (χ1n) is 10.9. The van der Waals surface area contributed by atoms with Crippen LogP contribution < -0.4 is 14.8 Å². The zero-order valence-electron chi connectivity index (χ0n) is 19.6. The molecule has 1 fully saturated rings. The minimum atomic E-state index is -1.14. The lowest BCUT2D eigenvalue weighted by Crippen LogP contribution is -2.33. The van der Waals surface area contributed by atoms with Crippen molar-refractivity contribution in [2.24, 2.45) is 0 Å². The SMILES string of the molecule is CCOc1cc(/C=C2/SC(=S)N(CC(=O)O)C2=O)ccc1OCC(=O)Nc1ccccc1C(C)C. The number of aliphatic carboxylic acids is 1. The molecule has 10 heteroatoms. The van der Waals surface area contributed by atoms with Crippen LogP contribution in [0.15, 0.2) is 47.4 Å². The van der Waals surface area contributed by atoms with E-state index in [1.807, 2.05) is 31.2 Å². The molecule has 184 valence electrons. The summed E-state index contributed by atoms with van der Waals surface area (Å²) in [4.78, 5) is 37.4. The number of carboxylic acids is 1. The number of hydrogen-bond acceptors (Lipinski definition) is 7. The molecule has 2 N–H and O–H groups in total. The average molecular weight is 515 g/mol. The molecule has 1 aliphatic rings. The Morgan fingerprint density at radius 1 is 1.17 bits per heavy atom. The number of thiocarbonyl (C=S) groups is 1. The first-order valence-corrected chi connectivity index (χ1v) is 12.2. The summed E-state index contributed by atoms with van der Waals surface area (Å²) in [6, 6.07) is 12.7. The van der Waals surface area contributed by atoms with E-state index in [0.717, 1.165) is 27.9 Å². The van der Waals surface area contributed by atoms with Gasteiger partial charge in [0.15, 0.2) is 18.1 Å². The Morgan fingerprint density at radius 2 is 1.91 bits per heavy atom. The van der Waals surface area contributed by atoms with Crippen molar-refractivity contribution in [1.82, 2.24) is 4.90 Å². The Balaban J connectivity index is 1.71. The number of hydrogen-bond donors (Lipinski definition) is 2. The van der Waals surface area contributed by atoms with Gasteiger partial charge in [-0.25, -0.2) is 0 Å². The Morgan fingerprint density at radius 3 is 2.60 bits per heavy atom. The van der Waals surface area contributed by atoms with E-state index in [1.54, 1.807) is 24.3 Å². The van der Waals surface area contributed by atoms with Crippen LogP contribution in [0.1, 0.15) is 37.8 Å². The zero-order chi connectivity index (χ0) is 25.5. The molecule has 0 aliphatic carbocycles. The molecule has 8 nitrogen and oxygen atoms in total. The lowest BCUT2D eigenvalue weighted by atomic mass is 10.0. The van der Waals surface area contributed by atoms with Gasteiger partial charge in [-0.1, -0.05) is 62.1 Å². The second-order valence-electron chi connectivity index (χ2n) is 7.88. The fourth-order valence-electron chi connectivity index (χ4n) is 3.37. The topological polar surface area (TPSA) is 105 Å². The number of benzene rings is 2. The van der Waals surface area contributed by atoms with Gasteiger partial charge in [-0.2, -0.15) is 0 Å². The largest absolute Gasteiger partial charge is 0.490 e. The summed E-state index contributed by atoms with van der Waals surface area (Å²) in [5.74, 6) is -0.841. The lowest BCUT2D eigenvalue weighted by molar-refractivity contribution is -0.140. The van der Waals surface area contributed by atoms with E-state index in [4.69, 9.17) is 26.8 Å². The van der Waals surface area contributed by atoms with Crippen LogP contribution in [-0.4, -0.2) is 51.9 Å². The number of rotatable bonds is 10. The van der Waals surface area contributed by atoms with E-state index in [-0.39, 0.29) is 22.8 Å². The molecule has 1 aliphatic heterocycles. The fraction of sp³-hybridized carbons (Fsp3) is 0.280. The molecule has 0 atom stereocenters. The number of carboxylic acid groups (broad SMARTS) is 1. The molecule has 0 saturated carbocycles. The zero-order valence-corrected chi connectivity index (χ0v) is 21.2. The van der Waals surface area contributed by atoms with E-state index < -0.39 is 18.4 Å². The van der Waals surface area contributed by atoms with Crippen LogP contribution >= 0.6 is 24.0 Å². The van der Waals surface area contributed by atoms with Crippen molar-refractivity contribution < 1.29 is 29.0 Å². The second-order valence-corrected chi connectivity index (χ2v) is 9.56. The molecule has 2 aromatic rings. The Labute approximate surface area is 213 Å². The highest BCUT2D eigenvalue weighted by molar-refractivity contribution is 8.26. The monoisotopic (exact) mass is 514 g/mol. The van der Waals surface area contributed by atoms with Gasteiger partial charge in [0, 0.05) is 5.69 Å². The van der Waals surface area contributed by atoms with Crippen molar-refractivity contribution >= 4 is 57.8 Å². The maximum atomic E-state index is 12.5. The van der Waals surface area contributed by atoms with Gasteiger partial charge in [0.1, 0.15) is 10.9 Å². The maximum absolute atomic E-state index is 12.5. The van der Waals surface area contributed by atoms with Gasteiger partial charge in [-0.15, -0.1) is 0 Å². The van der Waals surface area contributed by atoms with Crippen LogP contribution in [-0.2, 0) is 14.4 Å². The number of ether oxygens (including phenoxy) is 2. The van der Waals surface area contributed by atoms with Gasteiger partial charge in [-0.05, 0) is 48.2 Å². The van der Waals surface area contributed by atoms with Gasteiger partial charge in [0.05, 0.1) is 11.5 Å². The highest BCUT2D eigenvalue weighted by Gasteiger charge is 2.33. The van der Waals surface area contributed by atoms with Crippen LogP contribution in [0.3, 0.4) is 0 Å². The van der Waals surface area contributed by atoms with Crippen molar-refractivity contribution in [3.63, 3.8) is 0 Å². The Kier molecular flexibility index (Phi) is 8.89. The average Bonchev–Trinajstić information content (AvgIpc) is 3.06. The first kappa shape index (κ1) is 26.2. The van der Waals surface area contributed by atoms with E-state index >= 15 is 0 Å². The van der Waals surface area contributed by atoms with E-state index in [2.05, 4.69) is 19.2 Å². The van der Waals surface area contributed by atoms with Crippen LogP contribution in [0.25, 0.3) is 6.08 Å². The van der Waals surface area contributed by atoms with Gasteiger partial charge < -0.3 is 19.9 Å². The molecular formula is C25H26N2O6S2. The standard InChI is InChI=1S/C25H26N2O6S2/c1-4-32-20-11-16(12-21-24(31)27(13-23(29)30)25(34)35-21)9-10-19(20)33-14-22(28)26-18-8-6-5-7-17(18)15(2)3/h5-12,15H,4,13-14H2,1-3H3,(H,26,28)(H,29,30)/b21-12+. The predicted molar refractivity (Wildman–Crippen MR) is 140 cm³/mol. The molecule has 0 spiro atoms. The van der Waals surface area contributed by atoms with Crippen molar-refractivity contribution in [1.29, 1.82) is 0 Å². The van der Waals surface area contributed by atoms with Gasteiger partial charge in [0.25, 0.3) is 11.8 Å². The van der Waals surface area contributed by atoms with E-state index in [9.17, 15) is 14.4 Å². The van der Waals surface area contributed by atoms with Crippen LogP contribution in [0, 0.1) is 0 Å². The molecule has 0 bridgehead atoms. The first-order chi connectivity index (χ1) is 16.7. The molecular weight excluding hydrogens is 488 g/mol. The molecule has 3 rings (SSSR count). The highest BCUT2D eigenvalue weighted by atomic mass is 32.2. The molecule has 2 amide bonds. The summed E-state index contributed by atoms with van der Waals surface area (Å²) in [7, 11) is 0. The molecule has 0 aromatic heterocycles. The van der Waals surface area contributed by atoms with Crippen molar-refractivity contribution in [3.05, 3.63) is 58.5 Å². The molecule has 1 heterocycles. The van der Waals surface area contributed by atoms with Gasteiger partial charge in [-0.3, -0.25) is 19.3 Å². The number of para-hydroxylation sites is 1. The van der Waals surface area contributed by atoms with Crippen LogP contribution in [0.5, 0.6) is 11.5 Å². The summed E-state index contributed by atoms with van der Waals surface area (Å²) >= 11 is 6.17. The lowest BCUT2D eigenvalue weighted by Gasteiger charge is -2.15. The van der Waals surface area contributed by atoms with Crippen molar-refractivity contribution in [2.45, 2.75) is 26.7 Å². The number of nitrogens with zero attached hydrogens (tertiary/aromatic N) is 1.